The van der Waals surface area contributed by atoms with Crippen molar-refractivity contribution in [2.45, 2.75) is 18.8 Å². The standard InChI is InChI=1S/C24H27FN4O3S/c1-26-10-8-24(31,22-4-3-13-33-22)32-18-6-5-17(20(25)14-18)16-29-12-11-28(2)21-7-9-27-15-19(21)23(29)30/h3-7,9,13-15,26,31H,8,10-12,16H2,1-2H3/t24-/m1/s1. The van der Waals surface area contributed by atoms with Gasteiger partial charge in [-0.25, -0.2) is 4.39 Å². The van der Waals surface area contributed by atoms with Gasteiger partial charge in [-0.15, -0.1) is 11.3 Å². The van der Waals surface area contributed by atoms with E-state index in [1.165, 1.54) is 17.4 Å². The molecule has 0 bridgehead atoms. The number of nitrogens with zero attached hydrogens (tertiary/aromatic N) is 3. The summed E-state index contributed by atoms with van der Waals surface area (Å²) in [7, 11) is 3.71. The molecule has 1 aliphatic heterocycles. The fourth-order valence-corrected chi connectivity index (χ4v) is 4.63. The summed E-state index contributed by atoms with van der Waals surface area (Å²) in [5.74, 6) is -2.01. The number of amides is 1. The molecular formula is C24H27FN4O3S. The lowest BCUT2D eigenvalue weighted by Crippen LogP contribution is -2.35. The number of benzene rings is 1. The Morgan fingerprint density at radius 2 is 2.15 bits per heavy atom. The zero-order chi connectivity index (χ0) is 23.4. The maximum absolute atomic E-state index is 15.0. The van der Waals surface area contributed by atoms with Crippen LogP contribution < -0.4 is 15.0 Å². The first kappa shape index (κ1) is 23.2. The second-order valence-electron chi connectivity index (χ2n) is 8.01. The Hall–Kier alpha value is -3.01. The Labute approximate surface area is 196 Å². The summed E-state index contributed by atoms with van der Waals surface area (Å²) in [6, 6.07) is 9.92. The van der Waals surface area contributed by atoms with Crippen LogP contribution in [0.3, 0.4) is 0 Å². The van der Waals surface area contributed by atoms with Crippen molar-refractivity contribution >= 4 is 22.9 Å². The van der Waals surface area contributed by atoms with Crippen molar-refractivity contribution in [2.24, 2.45) is 0 Å². The van der Waals surface area contributed by atoms with Gasteiger partial charge < -0.3 is 25.0 Å². The zero-order valence-electron chi connectivity index (χ0n) is 18.6. The molecule has 174 valence electrons. The molecule has 4 rings (SSSR count). The van der Waals surface area contributed by atoms with E-state index >= 15 is 4.39 Å². The lowest BCUT2D eigenvalue weighted by molar-refractivity contribution is -0.147. The van der Waals surface area contributed by atoms with Gasteiger partial charge in [0.1, 0.15) is 11.6 Å². The summed E-state index contributed by atoms with van der Waals surface area (Å²) in [4.78, 5) is 21.4. The van der Waals surface area contributed by atoms with Gasteiger partial charge in [-0.05, 0) is 30.6 Å². The first-order valence-corrected chi connectivity index (χ1v) is 11.6. The number of hydrogen-bond acceptors (Lipinski definition) is 7. The topological polar surface area (TPSA) is 77.9 Å². The van der Waals surface area contributed by atoms with E-state index in [0.717, 1.165) is 5.69 Å². The van der Waals surface area contributed by atoms with Crippen molar-refractivity contribution in [3.05, 3.63) is 76.0 Å². The van der Waals surface area contributed by atoms with Crippen LogP contribution in [0.1, 0.15) is 27.2 Å². The quantitative estimate of drug-likeness (QED) is 0.493. The first-order chi connectivity index (χ1) is 15.9. The molecule has 1 amide bonds. The van der Waals surface area contributed by atoms with Crippen LogP contribution in [0.5, 0.6) is 5.75 Å². The van der Waals surface area contributed by atoms with Crippen molar-refractivity contribution in [1.82, 2.24) is 15.2 Å². The number of aromatic nitrogens is 1. The van der Waals surface area contributed by atoms with Crippen LogP contribution in [-0.4, -0.2) is 54.6 Å². The number of anilines is 1. The van der Waals surface area contributed by atoms with Gasteiger partial charge in [-0.3, -0.25) is 9.78 Å². The van der Waals surface area contributed by atoms with Crippen molar-refractivity contribution in [3.8, 4) is 5.75 Å². The van der Waals surface area contributed by atoms with E-state index in [9.17, 15) is 9.90 Å². The number of rotatable bonds is 8. The fourth-order valence-electron chi connectivity index (χ4n) is 3.84. The molecule has 0 unspecified atom stereocenters. The van der Waals surface area contributed by atoms with E-state index in [2.05, 4.69) is 10.3 Å². The van der Waals surface area contributed by atoms with Crippen molar-refractivity contribution in [2.75, 3.05) is 38.6 Å². The van der Waals surface area contributed by atoms with Gasteiger partial charge in [0.15, 0.2) is 0 Å². The molecule has 0 saturated heterocycles. The second kappa shape index (κ2) is 9.86. The van der Waals surface area contributed by atoms with Gasteiger partial charge >= 0.3 is 0 Å². The second-order valence-corrected chi connectivity index (χ2v) is 8.96. The van der Waals surface area contributed by atoms with Crippen LogP contribution in [-0.2, 0) is 12.3 Å². The molecule has 3 heterocycles. The molecule has 1 aromatic carbocycles. The highest BCUT2D eigenvalue weighted by Gasteiger charge is 2.33. The van der Waals surface area contributed by atoms with Gasteiger partial charge in [-0.2, -0.15) is 0 Å². The van der Waals surface area contributed by atoms with Crippen LogP contribution in [0, 0.1) is 5.82 Å². The maximum Gasteiger partial charge on any atom is 0.257 e. The summed E-state index contributed by atoms with van der Waals surface area (Å²) < 4.78 is 20.9. The molecule has 1 atom stereocenters. The zero-order valence-corrected chi connectivity index (χ0v) is 19.4. The Morgan fingerprint density at radius 1 is 1.30 bits per heavy atom. The minimum absolute atomic E-state index is 0.127. The van der Waals surface area contributed by atoms with Gasteiger partial charge in [0.25, 0.3) is 5.91 Å². The highest BCUT2D eigenvalue weighted by atomic mass is 32.1. The highest BCUT2D eigenvalue weighted by molar-refractivity contribution is 7.10. The van der Waals surface area contributed by atoms with Crippen molar-refractivity contribution < 1.29 is 19.0 Å². The predicted molar refractivity (Wildman–Crippen MR) is 126 cm³/mol. The SMILES string of the molecule is CNCC[C@@](O)(Oc1ccc(CN2CCN(C)c3ccncc3C2=O)c(F)c1)c1cccs1. The summed E-state index contributed by atoms with van der Waals surface area (Å²) in [5.41, 5.74) is 1.69. The Morgan fingerprint density at radius 3 is 2.88 bits per heavy atom. The number of carbonyl (C=O) groups excluding carboxylic acids is 1. The van der Waals surface area contributed by atoms with Gasteiger partial charge in [0.05, 0.1) is 16.1 Å². The lowest BCUT2D eigenvalue weighted by atomic mass is 10.1. The van der Waals surface area contributed by atoms with Crippen LogP contribution in [0.25, 0.3) is 0 Å². The number of pyridine rings is 1. The lowest BCUT2D eigenvalue weighted by Gasteiger charge is -2.28. The maximum atomic E-state index is 15.0. The third-order valence-corrected chi connectivity index (χ3v) is 6.73. The molecule has 7 nitrogen and oxygen atoms in total. The summed E-state index contributed by atoms with van der Waals surface area (Å²) in [5, 5.41) is 16.0. The van der Waals surface area contributed by atoms with Gasteiger partial charge in [0.2, 0.25) is 5.79 Å². The molecule has 2 aromatic heterocycles. The number of ether oxygens (including phenoxy) is 1. The molecule has 3 aromatic rings. The number of carbonyl (C=O) groups is 1. The normalized spacial score (nSPS) is 15.7. The minimum atomic E-state index is -1.56. The van der Waals surface area contributed by atoms with Crippen LogP contribution in [0.15, 0.2) is 54.2 Å². The average molecular weight is 471 g/mol. The molecule has 0 aliphatic carbocycles. The number of halogens is 1. The molecule has 0 fully saturated rings. The van der Waals surface area contributed by atoms with Crippen LogP contribution in [0.4, 0.5) is 10.1 Å². The van der Waals surface area contributed by atoms with Crippen LogP contribution in [0.2, 0.25) is 0 Å². The molecule has 1 aliphatic rings. The first-order valence-electron chi connectivity index (χ1n) is 10.7. The van der Waals surface area contributed by atoms with E-state index in [0.29, 0.717) is 42.1 Å². The molecule has 0 spiro atoms. The largest absolute Gasteiger partial charge is 0.457 e. The number of likely N-dealkylation sites (N-methyl/N-ethyl adjacent to an activating group) is 1. The Balaban J connectivity index is 1.53. The monoisotopic (exact) mass is 470 g/mol. The van der Waals surface area contributed by atoms with E-state index in [-0.39, 0.29) is 18.2 Å². The molecule has 2 N–H and O–H groups in total. The van der Waals surface area contributed by atoms with E-state index in [1.54, 1.807) is 42.5 Å². The summed E-state index contributed by atoms with van der Waals surface area (Å²) in [6.45, 7) is 1.74. The number of nitrogens with one attached hydrogen (secondary N) is 1. The van der Waals surface area contributed by atoms with Crippen LogP contribution >= 0.6 is 11.3 Å². The predicted octanol–water partition coefficient (Wildman–Crippen LogP) is 3.21. The van der Waals surface area contributed by atoms with E-state index in [4.69, 9.17) is 4.74 Å². The fraction of sp³-hybridized carbons (Fsp3) is 0.333. The third-order valence-electron chi connectivity index (χ3n) is 5.72. The molecular weight excluding hydrogens is 443 g/mol. The Kier molecular flexibility index (Phi) is 6.92. The molecule has 33 heavy (non-hydrogen) atoms. The van der Waals surface area contributed by atoms with Crippen molar-refractivity contribution in [3.63, 3.8) is 0 Å². The smallest absolute Gasteiger partial charge is 0.257 e. The number of hydrogen-bond donors (Lipinski definition) is 2. The van der Waals surface area contributed by atoms with Gasteiger partial charge in [-0.1, -0.05) is 12.1 Å². The number of fused-ring (bicyclic) bond motifs is 1. The summed E-state index contributed by atoms with van der Waals surface area (Å²) >= 11 is 1.38. The molecule has 9 heteroatoms. The highest BCUT2D eigenvalue weighted by Crippen LogP contribution is 2.33. The Bertz CT molecular complexity index is 1110. The third kappa shape index (κ3) is 5.00. The average Bonchev–Trinajstić information content (AvgIpc) is 3.34. The number of thiophene rings is 1. The minimum Gasteiger partial charge on any atom is -0.457 e. The molecule has 0 radical (unpaired) electrons. The molecule has 0 saturated carbocycles. The van der Waals surface area contributed by atoms with Crippen molar-refractivity contribution in [1.29, 1.82) is 0 Å². The van der Waals surface area contributed by atoms with E-state index < -0.39 is 11.6 Å². The number of aliphatic hydroxyl groups is 1. The van der Waals surface area contributed by atoms with E-state index in [1.807, 2.05) is 29.5 Å². The van der Waals surface area contributed by atoms with Gasteiger partial charge in [0, 0.05) is 63.7 Å². The summed E-state index contributed by atoms with van der Waals surface area (Å²) in [6.07, 6.45) is 3.51.